The van der Waals surface area contributed by atoms with E-state index < -0.39 is 11.2 Å². The van der Waals surface area contributed by atoms with Crippen LogP contribution in [-0.2, 0) is 37.1 Å². The number of hydrogen-bond acceptors (Lipinski definition) is 8. The van der Waals surface area contributed by atoms with E-state index in [0.717, 1.165) is 22.3 Å². The standard InChI is InChI=1S/C34H30Cl2N6O2S2/c35-29-15-7-9-25(17-29)19-33(43,27-11-3-1-4-12-27)21-41-23-37-39-31(41)45-46-32-40-38-24-42(32)22-34(44,28-13-5-2-6-14-28)20-26-10-8-16-30(36)18-26/h1-18,23-24,43-44H,19-22H2. The van der Waals surface area contributed by atoms with Crippen molar-refractivity contribution in [2.24, 2.45) is 0 Å². The summed E-state index contributed by atoms with van der Waals surface area (Å²) in [6.07, 6.45) is 3.90. The molecule has 0 amide bonds. The number of aromatic nitrogens is 6. The molecule has 234 valence electrons. The Kier molecular flexibility index (Phi) is 10.1. The highest BCUT2D eigenvalue weighted by Gasteiger charge is 2.33. The molecule has 2 heterocycles. The van der Waals surface area contributed by atoms with Crippen LogP contribution in [0.25, 0.3) is 0 Å². The summed E-state index contributed by atoms with van der Waals surface area (Å²) < 4.78 is 3.66. The average molecular weight is 690 g/mol. The van der Waals surface area contributed by atoms with Crippen molar-refractivity contribution in [2.45, 2.75) is 47.4 Å². The highest BCUT2D eigenvalue weighted by molar-refractivity contribution is 8.76. The van der Waals surface area contributed by atoms with Crippen LogP contribution >= 0.6 is 44.8 Å². The molecule has 46 heavy (non-hydrogen) atoms. The fourth-order valence-electron chi connectivity index (χ4n) is 5.44. The molecule has 0 fully saturated rings. The van der Waals surface area contributed by atoms with Gasteiger partial charge in [-0.1, -0.05) is 108 Å². The predicted octanol–water partition coefficient (Wildman–Crippen LogP) is 7.24. The summed E-state index contributed by atoms with van der Waals surface area (Å²) in [4.78, 5) is 0. The van der Waals surface area contributed by atoms with Gasteiger partial charge in [-0.05, 0) is 68.1 Å². The van der Waals surface area contributed by atoms with Crippen LogP contribution in [0.3, 0.4) is 0 Å². The zero-order chi connectivity index (χ0) is 32.0. The van der Waals surface area contributed by atoms with Crippen LogP contribution in [0.1, 0.15) is 22.3 Å². The normalized spacial score (nSPS) is 14.1. The molecule has 0 aliphatic carbocycles. The van der Waals surface area contributed by atoms with E-state index >= 15 is 0 Å². The average Bonchev–Trinajstić information content (AvgIpc) is 3.69. The molecule has 0 bridgehead atoms. The molecule has 0 aliphatic heterocycles. The Bertz CT molecular complexity index is 1750. The number of nitrogens with zero attached hydrogens (tertiary/aromatic N) is 6. The fourth-order valence-corrected chi connectivity index (χ4v) is 7.81. The molecule has 2 aromatic heterocycles. The molecule has 2 unspecified atom stereocenters. The first-order valence-electron chi connectivity index (χ1n) is 14.4. The Morgan fingerprint density at radius 1 is 0.565 bits per heavy atom. The molecule has 0 aliphatic rings. The van der Waals surface area contributed by atoms with E-state index in [1.807, 2.05) is 118 Å². The zero-order valence-corrected chi connectivity index (χ0v) is 27.7. The third kappa shape index (κ3) is 7.83. The molecule has 8 nitrogen and oxygen atoms in total. The quantitative estimate of drug-likeness (QED) is 0.123. The van der Waals surface area contributed by atoms with Gasteiger partial charge in [0, 0.05) is 22.9 Å². The monoisotopic (exact) mass is 688 g/mol. The Morgan fingerprint density at radius 3 is 1.37 bits per heavy atom. The largest absolute Gasteiger partial charge is 0.383 e. The molecule has 0 radical (unpaired) electrons. The molecule has 0 saturated heterocycles. The van der Waals surface area contributed by atoms with Crippen LogP contribution in [0, 0.1) is 0 Å². The Balaban J connectivity index is 1.22. The molecule has 0 saturated carbocycles. The lowest BCUT2D eigenvalue weighted by Gasteiger charge is -2.30. The minimum atomic E-state index is -1.26. The predicted molar refractivity (Wildman–Crippen MR) is 183 cm³/mol. The summed E-state index contributed by atoms with van der Waals surface area (Å²) in [5, 5.41) is 43.5. The summed E-state index contributed by atoms with van der Waals surface area (Å²) in [6.45, 7) is 0.416. The first-order chi connectivity index (χ1) is 22.3. The smallest absolute Gasteiger partial charge is 0.202 e. The van der Waals surface area contributed by atoms with Crippen molar-refractivity contribution < 1.29 is 10.2 Å². The lowest BCUT2D eigenvalue weighted by Crippen LogP contribution is -2.34. The second kappa shape index (κ2) is 14.4. The fraction of sp³-hybridized carbons (Fsp3) is 0.176. The van der Waals surface area contributed by atoms with Crippen molar-refractivity contribution in [3.63, 3.8) is 0 Å². The molecule has 6 rings (SSSR count). The van der Waals surface area contributed by atoms with Crippen molar-refractivity contribution in [3.05, 3.63) is 154 Å². The van der Waals surface area contributed by atoms with E-state index in [-0.39, 0.29) is 13.1 Å². The lowest BCUT2D eigenvalue weighted by atomic mass is 9.87. The SMILES string of the molecule is OC(Cc1cccc(Cl)c1)(Cn1cnnc1SSc1nncn1CC(O)(Cc1cccc(Cl)c1)c1ccccc1)c1ccccc1. The van der Waals surface area contributed by atoms with E-state index in [1.165, 1.54) is 21.6 Å². The molecular formula is C34H30Cl2N6O2S2. The summed E-state index contributed by atoms with van der Waals surface area (Å²) in [5.41, 5.74) is 0.834. The van der Waals surface area contributed by atoms with Crippen molar-refractivity contribution in [2.75, 3.05) is 0 Å². The van der Waals surface area contributed by atoms with Crippen LogP contribution in [0.5, 0.6) is 0 Å². The van der Waals surface area contributed by atoms with Gasteiger partial charge < -0.3 is 19.3 Å². The van der Waals surface area contributed by atoms with E-state index in [2.05, 4.69) is 20.4 Å². The minimum Gasteiger partial charge on any atom is -0.383 e. The molecule has 6 aromatic rings. The molecule has 2 atom stereocenters. The van der Waals surface area contributed by atoms with Crippen LogP contribution in [0.4, 0.5) is 0 Å². The van der Waals surface area contributed by atoms with Crippen LogP contribution in [0.15, 0.2) is 132 Å². The van der Waals surface area contributed by atoms with Crippen LogP contribution < -0.4 is 0 Å². The maximum Gasteiger partial charge on any atom is 0.202 e. The minimum absolute atomic E-state index is 0.208. The Morgan fingerprint density at radius 2 is 0.978 bits per heavy atom. The third-order valence-corrected chi connectivity index (χ3v) is 10.2. The van der Waals surface area contributed by atoms with Crippen LogP contribution in [0.2, 0.25) is 10.0 Å². The van der Waals surface area contributed by atoms with Gasteiger partial charge in [0.05, 0.1) is 13.1 Å². The van der Waals surface area contributed by atoms with Gasteiger partial charge in [0.25, 0.3) is 0 Å². The lowest BCUT2D eigenvalue weighted by molar-refractivity contribution is 0.0158. The molecule has 0 spiro atoms. The van der Waals surface area contributed by atoms with E-state index in [9.17, 15) is 10.2 Å². The highest BCUT2D eigenvalue weighted by atomic mass is 35.5. The van der Waals surface area contributed by atoms with Gasteiger partial charge in [-0.2, -0.15) is 0 Å². The van der Waals surface area contributed by atoms with Crippen molar-refractivity contribution in [1.82, 2.24) is 29.5 Å². The first-order valence-corrected chi connectivity index (χ1v) is 17.4. The molecule has 4 aromatic carbocycles. The van der Waals surface area contributed by atoms with Gasteiger partial charge in [0.1, 0.15) is 23.9 Å². The molecular weight excluding hydrogens is 659 g/mol. The van der Waals surface area contributed by atoms with Crippen LogP contribution in [-0.4, -0.2) is 39.7 Å². The third-order valence-electron chi connectivity index (χ3n) is 7.61. The maximum absolute atomic E-state index is 12.1. The topological polar surface area (TPSA) is 102 Å². The maximum atomic E-state index is 12.1. The van der Waals surface area contributed by atoms with Crippen molar-refractivity contribution in [3.8, 4) is 0 Å². The van der Waals surface area contributed by atoms with Gasteiger partial charge in [-0.25, -0.2) is 0 Å². The second-order valence-corrected chi connectivity index (χ2v) is 14.0. The van der Waals surface area contributed by atoms with Crippen molar-refractivity contribution >= 4 is 44.8 Å². The van der Waals surface area contributed by atoms with Gasteiger partial charge in [0.2, 0.25) is 10.3 Å². The Hall–Kier alpha value is -3.64. The van der Waals surface area contributed by atoms with E-state index in [1.54, 1.807) is 12.7 Å². The molecule has 12 heteroatoms. The summed E-state index contributed by atoms with van der Waals surface area (Å²) in [7, 11) is 2.70. The second-order valence-electron chi connectivity index (χ2n) is 11.1. The number of halogens is 2. The van der Waals surface area contributed by atoms with E-state index in [0.29, 0.717) is 33.2 Å². The van der Waals surface area contributed by atoms with Gasteiger partial charge >= 0.3 is 0 Å². The number of hydrogen-bond donors (Lipinski definition) is 2. The summed E-state index contributed by atoms with van der Waals surface area (Å²) >= 11 is 12.5. The number of rotatable bonds is 13. The number of aliphatic hydroxyl groups is 2. The summed E-state index contributed by atoms with van der Waals surface area (Å²) in [5.74, 6) is 0. The molecule has 2 N–H and O–H groups in total. The zero-order valence-electron chi connectivity index (χ0n) is 24.5. The van der Waals surface area contributed by atoms with Gasteiger partial charge in [-0.15, -0.1) is 20.4 Å². The summed E-state index contributed by atoms with van der Waals surface area (Å²) in [6, 6.07) is 34.1. The number of benzene rings is 4. The van der Waals surface area contributed by atoms with E-state index in [4.69, 9.17) is 23.2 Å². The highest BCUT2D eigenvalue weighted by Crippen LogP contribution is 2.38. The van der Waals surface area contributed by atoms with Gasteiger partial charge in [-0.3, -0.25) is 0 Å². The van der Waals surface area contributed by atoms with Crippen molar-refractivity contribution in [1.29, 1.82) is 0 Å². The Labute approximate surface area is 284 Å². The van der Waals surface area contributed by atoms with Gasteiger partial charge in [0.15, 0.2) is 0 Å². The first kappa shape index (κ1) is 32.3.